The van der Waals surface area contributed by atoms with Crippen molar-refractivity contribution in [1.29, 1.82) is 0 Å². The zero-order valence-electron chi connectivity index (χ0n) is 27.6. The summed E-state index contributed by atoms with van der Waals surface area (Å²) in [6.07, 6.45) is -9.74. The van der Waals surface area contributed by atoms with Gasteiger partial charge in [-0.3, -0.25) is 0 Å². The van der Waals surface area contributed by atoms with Crippen LogP contribution in [0, 0.1) is 0 Å². The molecule has 5 nitrogen and oxygen atoms in total. The van der Waals surface area contributed by atoms with Crippen molar-refractivity contribution < 1.29 is 35.8 Å². The monoisotopic (exact) mass is 747 g/mol. The number of hydrogen-bond acceptors (Lipinski definition) is 6. The largest absolute Gasteiger partial charge is 0.573 e. The van der Waals surface area contributed by atoms with Crippen molar-refractivity contribution in [3.63, 3.8) is 0 Å². The number of benzene rings is 6. The van der Waals surface area contributed by atoms with Crippen molar-refractivity contribution in [2.75, 3.05) is 0 Å². The van der Waals surface area contributed by atoms with E-state index in [9.17, 15) is 26.3 Å². The maximum absolute atomic E-state index is 12.9. The molecule has 7 aromatic rings. The van der Waals surface area contributed by atoms with Crippen molar-refractivity contribution in [2.24, 2.45) is 0 Å². The zero-order chi connectivity index (χ0) is 37.2. The third-order valence-corrected chi connectivity index (χ3v) is 10.6. The molecule has 0 atom stereocenters. The summed E-state index contributed by atoms with van der Waals surface area (Å²) in [5, 5.41) is 0. The Bertz CT molecular complexity index is 2450. The van der Waals surface area contributed by atoms with Crippen LogP contribution in [0.5, 0.6) is 11.5 Å². The van der Waals surface area contributed by atoms with Crippen LogP contribution in [0.3, 0.4) is 0 Å². The highest BCUT2D eigenvalue weighted by atomic mass is 32.2. The van der Waals surface area contributed by atoms with Crippen LogP contribution >= 0.6 is 11.8 Å². The Morgan fingerprint density at radius 3 is 1.33 bits per heavy atom. The first-order valence-electron chi connectivity index (χ1n) is 16.6. The van der Waals surface area contributed by atoms with Gasteiger partial charge in [0.1, 0.15) is 11.5 Å². The Balaban J connectivity index is 1.20. The van der Waals surface area contributed by atoms with E-state index in [-0.39, 0.29) is 17.5 Å². The second kappa shape index (κ2) is 12.5. The fourth-order valence-electron chi connectivity index (χ4n) is 7.37. The minimum Gasteiger partial charge on any atom is -0.406 e. The Morgan fingerprint density at radius 2 is 0.833 bits per heavy atom. The first-order valence-corrected chi connectivity index (χ1v) is 17.4. The molecule has 2 aliphatic rings. The first kappa shape index (κ1) is 33.7. The molecule has 266 valence electrons. The average Bonchev–Trinajstić information content (AvgIpc) is 3.44. The summed E-state index contributed by atoms with van der Waals surface area (Å²) in [5.74, 6) is -0.316. The number of aromatic nitrogens is 3. The van der Waals surface area contributed by atoms with Crippen molar-refractivity contribution in [3.05, 3.63) is 162 Å². The third-order valence-electron chi connectivity index (χ3n) is 9.43. The first-order chi connectivity index (χ1) is 26.0. The number of fused-ring (bicyclic) bond motifs is 9. The molecule has 12 heteroatoms. The van der Waals surface area contributed by atoms with Gasteiger partial charge in [-0.1, -0.05) is 90.6 Å². The minimum atomic E-state index is -4.87. The van der Waals surface area contributed by atoms with Crippen LogP contribution in [-0.2, 0) is 5.41 Å². The lowest BCUT2D eigenvalue weighted by molar-refractivity contribution is -0.275. The van der Waals surface area contributed by atoms with E-state index < -0.39 is 29.6 Å². The molecule has 54 heavy (non-hydrogen) atoms. The number of hydrogen-bond donors (Lipinski definition) is 0. The van der Waals surface area contributed by atoms with E-state index in [1.54, 1.807) is 11.8 Å². The van der Waals surface area contributed by atoms with E-state index in [0.717, 1.165) is 50.7 Å². The molecule has 0 saturated carbocycles. The Kier molecular flexibility index (Phi) is 7.78. The molecule has 0 unspecified atom stereocenters. The maximum Gasteiger partial charge on any atom is 0.573 e. The molecule has 0 radical (unpaired) electrons. The van der Waals surface area contributed by atoms with E-state index >= 15 is 0 Å². The van der Waals surface area contributed by atoms with Crippen LogP contribution in [0.4, 0.5) is 26.3 Å². The van der Waals surface area contributed by atoms with Gasteiger partial charge in [-0.05, 0) is 94.0 Å². The van der Waals surface area contributed by atoms with E-state index in [4.69, 9.17) is 9.97 Å². The van der Waals surface area contributed by atoms with Gasteiger partial charge in [-0.2, -0.15) is 0 Å². The summed E-state index contributed by atoms with van der Waals surface area (Å²) in [4.78, 5) is 16.2. The number of alkyl halides is 6. The molecule has 1 aliphatic heterocycles. The summed E-state index contributed by atoms with van der Waals surface area (Å²) in [7, 11) is 0. The Labute approximate surface area is 308 Å². The fourth-order valence-corrected chi connectivity index (χ4v) is 8.61. The second-order valence-corrected chi connectivity index (χ2v) is 13.7. The number of nitrogens with zero attached hydrogens (tertiary/aromatic N) is 3. The smallest absolute Gasteiger partial charge is 0.406 e. The average molecular weight is 748 g/mol. The SMILES string of the molecule is FC(F)(F)Oc1ccc(-c2nc(-c3ccc(OC(F)(F)F)cc3)nc(-c3ccc4c(c3)Sc3ccccc3C43c4ccccc4-c4ccccc43)n2)cc1. The summed E-state index contributed by atoms with van der Waals surface area (Å²) in [6, 6.07) is 41.4. The quantitative estimate of drug-likeness (QED) is 0.163. The lowest BCUT2D eigenvalue weighted by Crippen LogP contribution is -2.31. The molecule has 0 fully saturated rings. The highest BCUT2D eigenvalue weighted by Crippen LogP contribution is 2.62. The van der Waals surface area contributed by atoms with E-state index in [0.29, 0.717) is 16.7 Å². The molecule has 1 aromatic heterocycles. The molecule has 0 bridgehead atoms. The van der Waals surface area contributed by atoms with Gasteiger partial charge in [0.05, 0.1) is 5.41 Å². The van der Waals surface area contributed by atoms with E-state index in [1.807, 2.05) is 30.3 Å². The van der Waals surface area contributed by atoms with Gasteiger partial charge < -0.3 is 9.47 Å². The van der Waals surface area contributed by atoms with Gasteiger partial charge in [0.25, 0.3) is 0 Å². The lowest BCUT2D eigenvalue weighted by atomic mass is 9.67. The van der Waals surface area contributed by atoms with Crippen LogP contribution in [0.15, 0.2) is 149 Å². The van der Waals surface area contributed by atoms with Crippen molar-refractivity contribution >= 4 is 11.8 Å². The topological polar surface area (TPSA) is 57.1 Å². The highest BCUT2D eigenvalue weighted by Gasteiger charge is 2.50. The van der Waals surface area contributed by atoms with Gasteiger partial charge in [0, 0.05) is 26.5 Å². The molecular formula is C42H23F6N3O2S. The van der Waals surface area contributed by atoms with Gasteiger partial charge in [-0.25, -0.2) is 15.0 Å². The lowest BCUT2D eigenvalue weighted by Gasteiger charge is -2.39. The molecule has 2 heterocycles. The Hall–Kier alpha value is -6.14. The standard InChI is InChI=1S/C42H23F6N3O2S/c43-41(44,45)52-27-18-13-24(14-19-27)37-49-38(25-15-20-28(21-16-25)53-42(46,47)48)51-39(50-37)26-17-22-34-36(23-26)54-35-12-6-5-11-33(35)40(34)31-9-3-1-7-29(31)30-8-2-4-10-32(30)40/h1-23H. The molecule has 1 spiro atoms. The molecule has 9 rings (SSSR count). The van der Waals surface area contributed by atoms with Gasteiger partial charge in [-0.15, -0.1) is 26.3 Å². The normalized spacial score (nSPS) is 13.8. The molecule has 1 aliphatic carbocycles. The van der Waals surface area contributed by atoms with Crippen molar-refractivity contribution in [1.82, 2.24) is 15.0 Å². The van der Waals surface area contributed by atoms with Gasteiger partial charge in [0.15, 0.2) is 17.5 Å². The van der Waals surface area contributed by atoms with Crippen molar-refractivity contribution in [3.8, 4) is 56.8 Å². The molecular weight excluding hydrogens is 725 g/mol. The second-order valence-electron chi connectivity index (χ2n) is 12.6. The predicted octanol–water partition coefficient (Wildman–Crippen LogP) is 11.5. The van der Waals surface area contributed by atoms with Crippen LogP contribution in [0.1, 0.15) is 22.3 Å². The number of ether oxygens (including phenoxy) is 2. The summed E-state index contributed by atoms with van der Waals surface area (Å²) in [5.41, 5.74) is 7.70. The minimum absolute atomic E-state index is 0.134. The van der Waals surface area contributed by atoms with Crippen LogP contribution in [0.25, 0.3) is 45.3 Å². The van der Waals surface area contributed by atoms with Gasteiger partial charge >= 0.3 is 12.7 Å². The number of halogens is 6. The Morgan fingerprint density at radius 1 is 0.426 bits per heavy atom. The van der Waals surface area contributed by atoms with Crippen LogP contribution in [0.2, 0.25) is 0 Å². The zero-order valence-corrected chi connectivity index (χ0v) is 28.4. The highest BCUT2D eigenvalue weighted by molar-refractivity contribution is 7.99. The van der Waals surface area contributed by atoms with Crippen LogP contribution in [-0.4, -0.2) is 27.7 Å². The molecule has 6 aromatic carbocycles. The molecule has 0 N–H and O–H groups in total. The summed E-state index contributed by atoms with van der Waals surface area (Å²) >= 11 is 1.63. The third kappa shape index (κ3) is 5.83. The van der Waals surface area contributed by atoms with Crippen molar-refractivity contribution in [2.45, 2.75) is 27.9 Å². The number of rotatable bonds is 5. The summed E-state index contributed by atoms with van der Waals surface area (Å²) < 4.78 is 85.4. The van der Waals surface area contributed by atoms with E-state index in [2.05, 4.69) is 75.1 Å². The predicted molar refractivity (Wildman–Crippen MR) is 191 cm³/mol. The summed E-state index contributed by atoms with van der Waals surface area (Å²) in [6.45, 7) is 0. The molecule has 0 amide bonds. The fraction of sp³-hybridized carbons (Fsp3) is 0.0714. The molecule has 0 saturated heterocycles. The maximum atomic E-state index is 12.9. The van der Waals surface area contributed by atoms with E-state index in [1.165, 1.54) is 41.0 Å². The van der Waals surface area contributed by atoms with Crippen LogP contribution < -0.4 is 9.47 Å². The van der Waals surface area contributed by atoms with Gasteiger partial charge in [0.2, 0.25) is 0 Å².